The second-order valence-corrected chi connectivity index (χ2v) is 3.19. The molecule has 0 amide bonds. The summed E-state index contributed by atoms with van der Waals surface area (Å²) in [5.74, 6) is 0. The molecule has 0 aliphatic carbocycles. The fourth-order valence-electron chi connectivity index (χ4n) is 0.749. The lowest BCUT2D eigenvalue weighted by atomic mass is 10.6. The first kappa shape index (κ1) is 8.64. The summed E-state index contributed by atoms with van der Waals surface area (Å²) in [5.41, 5.74) is 0. The number of nitrogens with one attached hydrogen (secondary N) is 2. The van der Waals surface area contributed by atoms with Crippen LogP contribution in [0.25, 0.3) is 0 Å². The van der Waals surface area contributed by atoms with Crippen LogP contribution in [-0.2, 0) is 6.54 Å². The van der Waals surface area contributed by atoms with E-state index >= 15 is 0 Å². The number of likely N-dealkylation sites (N-methyl/N-ethyl adjacent to an activating group) is 1. The van der Waals surface area contributed by atoms with Gasteiger partial charge in [0.15, 0.2) is 0 Å². The number of nitrogens with zero attached hydrogens (tertiary/aromatic N) is 1. The average Bonchev–Trinajstić information content (AvgIpc) is 2.50. The van der Waals surface area contributed by atoms with E-state index in [-0.39, 0.29) is 0 Å². The van der Waals surface area contributed by atoms with Crippen LogP contribution in [0.5, 0.6) is 0 Å². The van der Waals surface area contributed by atoms with E-state index in [0.717, 1.165) is 24.6 Å². The SMILES string of the molecule is CNCCNCc1nccs1. The molecule has 0 aliphatic rings. The third kappa shape index (κ3) is 3.46. The van der Waals surface area contributed by atoms with Crippen LogP contribution in [0.15, 0.2) is 11.6 Å². The minimum Gasteiger partial charge on any atom is -0.318 e. The maximum Gasteiger partial charge on any atom is 0.106 e. The van der Waals surface area contributed by atoms with Gasteiger partial charge in [-0.05, 0) is 7.05 Å². The van der Waals surface area contributed by atoms with Crippen LogP contribution in [-0.4, -0.2) is 25.1 Å². The lowest BCUT2D eigenvalue weighted by Gasteiger charge is -1.99. The van der Waals surface area contributed by atoms with Crippen molar-refractivity contribution in [3.8, 4) is 0 Å². The van der Waals surface area contributed by atoms with Gasteiger partial charge in [-0.1, -0.05) is 0 Å². The Morgan fingerprint density at radius 3 is 3.09 bits per heavy atom. The lowest BCUT2D eigenvalue weighted by Crippen LogP contribution is -2.24. The first-order valence-electron chi connectivity index (χ1n) is 3.67. The summed E-state index contributed by atoms with van der Waals surface area (Å²) in [6.07, 6.45) is 1.83. The van der Waals surface area contributed by atoms with Crippen LogP contribution in [0.4, 0.5) is 0 Å². The van der Waals surface area contributed by atoms with Gasteiger partial charge in [0, 0.05) is 31.2 Å². The predicted octanol–water partition coefficient (Wildman–Crippen LogP) is 0.452. The maximum absolute atomic E-state index is 4.15. The Morgan fingerprint density at radius 2 is 2.45 bits per heavy atom. The molecule has 11 heavy (non-hydrogen) atoms. The minimum absolute atomic E-state index is 0.888. The zero-order valence-electron chi connectivity index (χ0n) is 6.63. The first-order valence-corrected chi connectivity index (χ1v) is 4.55. The summed E-state index contributed by atoms with van der Waals surface area (Å²) in [4.78, 5) is 4.15. The Kier molecular flexibility index (Phi) is 4.11. The molecule has 0 radical (unpaired) electrons. The fraction of sp³-hybridized carbons (Fsp3) is 0.571. The van der Waals surface area contributed by atoms with Gasteiger partial charge < -0.3 is 10.6 Å². The first-order chi connectivity index (χ1) is 5.43. The highest BCUT2D eigenvalue weighted by atomic mass is 32.1. The highest BCUT2D eigenvalue weighted by Crippen LogP contribution is 2.01. The monoisotopic (exact) mass is 171 g/mol. The van der Waals surface area contributed by atoms with E-state index in [2.05, 4.69) is 15.6 Å². The Labute approximate surface area is 70.9 Å². The van der Waals surface area contributed by atoms with Crippen molar-refractivity contribution < 1.29 is 0 Å². The molecule has 0 aromatic carbocycles. The highest BCUT2D eigenvalue weighted by Gasteiger charge is 1.92. The van der Waals surface area contributed by atoms with E-state index in [1.807, 2.05) is 18.6 Å². The molecule has 1 aromatic heterocycles. The van der Waals surface area contributed by atoms with E-state index in [4.69, 9.17) is 0 Å². The second-order valence-electron chi connectivity index (χ2n) is 2.21. The lowest BCUT2D eigenvalue weighted by molar-refractivity contribution is 0.649. The molecule has 0 bridgehead atoms. The second kappa shape index (κ2) is 5.23. The van der Waals surface area contributed by atoms with E-state index in [9.17, 15) is 0 Å². The van der Waals surface area contributed by atoms with Crippen LogP contribution in [0, 0.1) is 0 Å². The summed E-state index contributed by atoms with van der Waals surface area (Å²) in [6, 6.07) is 0. The number of hydrogen-bond donors (Lipinski definition) is 2. The van der Waals surface area contributed by atoms with Gasteiger partial charge >= 0.3 is 0 Å². The van der Waals surface area contributed by atoms with Crippen LogP contribution >= 0.6 is 11.3 Å². The normalized spacial score (nSPS) is 10.3. The summed E-state index contributed by atoms with van der Waals surface area (Å²) in [7, 11) is 1.95. The standard InChI is InChI=1S/C7H13N3S/c1-8-2-3-9-6-7-10-4-5-11-7/h4-5,8-9H,2-3,6H2,1H3. The van der Waals surface area contributed by atoms with Crippen molar-refractivity contribution in [1.29, 1.82) is 0 Å². The zero-order valence-corrected chi connectivity index (χ0v) is 7.45. The van der Waals surface area contributed by atoms with Crippen molar-refractivity contribution in [2.75, 3.05) is 20.1 Å². The van der Waals surface area contributed by atoms with Gasteiger partial charge in [0.05, 0.1) is 0 Å². The summed E-state index contributed by atoms with van der Waals surface area (Å²) >= 11 is 1.69. The fourth-order valence-corrected chi connectivity index (χ4v) is 1.33. The highest BCUT2D eigenvalue weighted by molar-refractivity contribution is 7.09. The molecule has 0 aliphatic heterocycles. The predicted molar refractivity (Wildman–Crippen MR) is 47.7 cm³/mol. The summed E-state index contributed by atoms with van der Waals surface area (Å²) < 4.78 is 0. The molecule has 0 atom stereocenters. The number of thiazole rings is 1. The van der Waals surface area contributed by atoms with Crippen molar-refractivity contribution in [2.45, 2.75) is 6.54 Å². The third-order valence-corrected chi connectivity index (χ3v) is 2.09. The van der Waals surface area contributed by atoms with Crippen molar-refractivity contribution in [3.05, 3.63) is 16.6 Å². The number of aromatic nitrogens is 1. The molecular weight excluding hydrogens is 158 g/mol. The molecule has 0 unspecified atom stereocenters. The Hall–Kier alpha value is -0.450. The minimum atomic E-state index is 0.888. The van der Waals surface area contributed by atoms with Crippen LogP contribution in [0.3, 0.4) is 0 Å². The molecule has 1 rings (SSSR count). The van der Waals surface area contributed by atoms with Crippen LogP contribution in [0.2, 0.25) is 0 Å². The average molecular weight is 171 g/mol. The van der Waals surface area contributed by atoms with Gasteiger partial charge in [0.1, 0.15) is 5.01 Å². The third-order valence-electron chi connectivity index (χ3n) is 1.31. The molecule has 1 heterocycles. The number of rotatable bonds is 5. The van der Waals surface area contributed by atoms with Crippen LogP contribution < -0.4 is 10.6 Å². The molecular formula is C7H13N3S. The van der Waals surface area contributed by atoms with Crippen molar-refractivity contribution >= 4 is 11.3 Å². The topological polar surface area (TPSA) is 37.0 Å². The Bertz CT molecular complexity index is 174. The van der Waals surface area contributed by atoms with Gasteiger partial charge in [-0.3, -0.25) is 0 Å². The molecule has 0 fully saturated rings. The maximum atomic E-state index is 4.15. The van der Waals surface area contributed by atoms with Gasteiger partial charge in [-0.25, -0.2) is 4.98 Å². The van der Waals surface area contributed by atoms with Gasteiger partial charge in [0.25, 0.3) is 0 Å². The van der Waals surface area contributed by atoms with E-state index in [0.29, 0.717) is 0 Å². The molecule has 62 valence electrons. The van der Waals surface area contributed by atoms with E-state index in [1.165, 1.54) is 0 Å². The van der Waals surface area contributed by atoms with Crippen molar-refractivity contribution in [1.82, 2.24) is 15.6 Å². The van der Waals surface area contributed by atoms with Gasteiger partial charge in [-0.15, -0.1) is 11.3 Å². The Balaban J connectivity index is 2.04. The van der Waals surface area contributed by atoms with Crippen molar-refractivity contribution in [3.63, 3.8) is 0 Å². The molecule has 0 saturated carbocycles. The van der Waals surface area contributed by atoms with Crippen LogP contribution in [0.1, 0.15) is 5.01 Å². The summed E-state index contributed by atoms with van der Waals surface area (Å²) in [5, 5.41) is 9.49. The molecule has 4 heteroatoms. The smallest absolute Gasteiger partial charge is 0.106 e. The molecule has 2 N–H and O–H groups in total. The summed E-state index contributed by atoms with van der Waals surface area (Å²) in [6.45, 7) is 2.89. The quantitative estimate of drug-likeness (QED) is 0.632. The molecule has 0 spiro atoms. The number of hydrogen-bond acceptors (Lipinski definition) is 4. The Morgan fingerprint density at radius 1 is 1.55 bits per heavy atom. The van der Waals surface area contributed by atoms with Gasteiger partial charge in [-0.2, -0.15) is 0 Å². The largest absolute Gasteiger partial charge is 0.318 e. The molecule has 3 nitrogen and oxygen atoms in total. The zero-order chi connectivity index (χ0) is 7.94. The molecule has 0 saturated heterocycles. The van der Waals surface area contributed by atoms with E-state index < -0.39 is 0 Å². The van der Waals surface area contributed by atoms with Crippen molar-refractivity contribution in [2.24, 2.45) is 0 Å². The van der Waals surface area contributed by atoms with E-state index in [1.54, 1.807) is 11.3 Å². The molecule has 1 aromatic rings. The van der Waals surface area contributed by atoms with Gasteiger partial charge in [0.2, 0.25) is 0 Å².